The van der Waals surface area contributed by atoms with Crippen molar-refractivity contribution < 1.29 is 9.50 Å². The first-order valence-electron chi connectivity index (χ1n) is 5.72. The van der Waals surface area contributed by atoms with E-state index in [0.717, 1.165) is 31.6 Å². The molecule has 3 N–H and O–H groups in total. The van der Waals surface area contributed by atoms with Gasteiger partial charge in [-0.2, -0.15) is 0 Å². The predicted octanol–water partition coefficient (Wildman–Crippen LogP) is 2.38. The third-order valence-electron chi connectivity index (χ3n) is 3.19. The average molecular weight is 303 g/mol. The number of nitrogens with two attached hydrogens (primary N) is 1. The first-order valence-corrected chi connectivity index (χ1v) is 6.51. The molecule has 1 aromatic carbocycles. The molecular formula is C12H16BrFN2O. The second-order valence-corrected chi connectivity index (χ2v) is 5.32. The van der Waals surface area contributed by atoms with Crippen molar-refractivity contribution in [1.29, 1.82) is 0 Å². The fraction of sp³-hybridized carbons (Fsp3) is 0.500. The van der Waals surface area contributed by atoms with Crippen molar-refractivity contribution in [2.75, 3.05) is 30.3 Å². The maximum absolute atomic E-state index is 13.5. The second kappa shape index (κ2) is 5.23. The monoisotopic (exact) mass is 302 g/mol. The first-order chi connectivity index (χ1) is 8.11. The molecule has 5 heteroatoms. The van der Waals surface area contributed by atoms with E-state index in [1.54, 1.807) is 6.07 Å². The van der Waals surface area contributed by atoms with Crippen LogP contribution in [0.3, 0.4) is 0 Å². The minimum Gasteiger partial charge on any atom is -0.397 e. The molecule has 2 rings (SSSR count). The molecule has 0 amide bonds. The highest BCUT2D eigenvalue weighted by Gasteiger charge is 2.21. The summed E-state index contributed by atoms with van der Waals surface area (Å²) in [6.45, 7) is 1.78. The van der Waals surface area contributed by atoms with Crippen LogP contribution < -0.4 is 10.6 Å². The Morgan fingerprint density at radius 3 is 3.00 bits per heavy atom. The number of piperidine rings is 1. The largest absolute Gasteiger partial charge is 0.397 e. The van der Waals surface area contributed by atoms with Crippen molar-refractivity contribution in [3.63, 3.8) is 0 Å². The second-order valence-electron chi connectivity index (χ2n) is 4.46. The van der Waals surface area contributed by atoms with Gasteiger partial charge < -0.3 is 15.7 Å². The predicted molar refractivity (Wildman–Crippen MR) is 70.5 cm³/mol. The van der Waals surface area contributed by atoms with Gasteiger partial charge >= 0.3 is 0 Å². The molecule has 0 spiro atoms. The number of halogens is 2. The van der Waals surface area contributed by atoms with Gasteiger partial charge in [0.15, 0.2) is 0 Å². The molecule has 1 aromatic rings. The molecule has 0 saturated carbocycles. The Hall–Kier alpha value is -0.810. The van der Waals surface area contributed by atoms with Crippen LogP contribution in [0.25, 0.3) is 0 Å². The van der Waals surface area contributed by atoms with Crippen LogP contribution in [-0.4, -0.2) is 24.8 Å². The molecule has 0 aromatic heterocycles. The normalized spacial score (nSPS) is 20.6. The lowest BCUT2D eigenvalue weighted by molar-refractivity contribution is 0.209. The Balaban J connectivity index is 2.24. The van der Waals surface area contributed by atoms with Crippen molar-refractivity contribution in [2.24, 2.45) is 5.92 Å². The van der Waals surface area contributed by atoms with Gasteiger partial charge in [0.1, 0.15) is 5.82 Å². The Morgan fingerprint density at radius 2 is 2.29 bits per heavy atom. The summed E-state index contributed by atoms with van der Waals surface area (Å²) in [7, 11) is 0. The number of benzene rings is 1. The minimum absolute atomic E-state index is 0.176. The van der Waals surface area contributed by atoms with E-state index in [2.05, 4.69) is 20.8 Å². The summed E-state index contributed by atoms with van der Waals surface area (Å²) in [6.07, 6.45) is 2.02. The van der Waals surface area contributed by atoms with Gasteiger partial charge in [0.2, 0.25) is 0 Å². The molecule has 1 aliphatic rings. The maximum atomic E-state index is 13.5. The summed E-state index contributed by atoms with van der Waals surface area (Å²) in [5, 5.41) is 9.18. The highest BCUT2D eigenvalue weighted by atomic mass is 79.9. The molecule has 0 radical (unpaired) electrons. The van der Waals surface area contributed by atoms with Gasteiger partial charge in [-0.3, -0.25) is 0 Å². The van der Waals surface area contributed by atoms with Crippen LogP contribution in [0.15, 0.2) is 16.6 Å². The van der Waals surface area contributed by atoms with Gasteiger partial charge in [-0.1, -0.05) is 0 Å². The number of nitrogen functional groups attached to an aromatic ring is 1. The van der Waals surface area contributed by atoms with Gasteiger partial charge in [-0.05, 0) is 40.8 Å². The Morgan fingerprint density at radius 1 is 1.53 bits per heavy atom. The molecule has 3 nitrogen and oxygen atoms in total. The number of hydrogen-bond acceptors (Lipinski definition) is 3. The number of hydrogen-bond donors (Lipinski definition) is 2. The van der Waals surface area contributed by atoms with E-state index in [9.17, 15) is 9.50 Å². The van der Waals surface area contributed by atoms with Crippen LogP contribution in [0.5, 0.6) is 0 Å². The lowest BCUT2D eigenvalue weighted by Gasteiger charge is -2.34. The lowest BCUT2D eigenvalue weighted by atomic mass is 9.98. The molecule has 0 bridgehead atoms. The lowest BCUT2D eigenvalue weighted by Crippen LogP contribution is -2.37. The van der Waals surface area contributed by atoms with Crippen molar-refractivity contribution in [2.45, 2.75) is 12.8 Å². The molecule has 17 heavy (non-hydrogen) atoms. The minimum atomic E-state index is -0.305. The Bertz CT molecular complexity index is 414. The smallest absolute Gasteiger partial charge is 0.139 e. The highest BCUT2D eigenvalue weighted by molar-refractivity contribution is 9.10. The van der Waals surface area contributed by atoms with Crippen LogP contribution in [0.4, 0.5) is 15.8 Å². The summed E-state index contributed by atoms with van der Waals surface area (Å²) < 4.78 is 13.9. The van der Waals surface area contributed by atoms with E-state index >= 15 is 0 Å². The number of anilines is 2. The SMILES string of the molecule is Nc1cc(Br)c(F)cc1N1CCCC(CO)C1. The van der Waals surface area contributed by atoms with E-state index in [0.29, 0.717) is 10.2 Å². The van der Waals surface area contributed by atoms with E-state index in [-0.39, 0.29) is 18.3 Å². The van der Waals surface area contributed by atoms with Gasteiger partial charge in [-0.15, -0.1) is 0 Å². The quantitative estimate of drug-likeness (QED) is 0.825. The summed E-state index contributed by atoms with van der Waals surface area (Å²) in [5.74, 6) is -0.0461. The molecule has 1 fully saturated rings. The number of aliphatic hydroxyl groups is 1. The van der Waals surface area contributed by atoms with Crippen LogP contribution in [0.1, 0.15) is 12.8 Å². The summed E-state index contributed by atoms with van der Waals surface area (Å²) in [5.41, 5.74) is 7.20. The summed E-state index contributed by atoms with van der Waals surface area (Å²) in [4.78, 5) is 2.05. The Kier molecular flexibility index (Phi) is 3.89. The van der Waals surface area contributed by atoms with Gasteiger partial charge in [0.05, 0.1) is 15.8 Å². The van der Waals surface area contributed by atoms with E-state index < -0.39 is 0 Å². The summed E-state index contributed by atoms with van der Waals surface area (Å²) in [6, 6.07) is 3.05. The fourth-order valence-corrected chi connectivity index (χ4v) is 2.62. The summed E-state index contributed by atoms with van der Waals surface area (Å²) >= 11 is 3.12. The van der Waals surface area contributed by atoms with Crippen molar-refractivity contribution in [1.82, 2.24) is 0 Å². The number of aliphatic hydroxyl groups excluding tert-OH is 1. The van der Waals surface area contributed by atoms with Crippen LogP contribution in [-0.2, 0) is 0 Å². The molecule has 1 saturated heterocycles. The van der Waals surface area contributed by atoms with E-state index in [1.807, 2.05) is 0 Å². The molecule has 0 aliphatic carbocycles. The average Bonchev–Trinajstić information content (AvgIpc) is 2.34. The molecule has 1 unspecified atom stereocenters. The topological polar surface area (TPSA) is 49.5 Å². The number of rotatable bonds is 2. The van der Waals surface area contributed by atoms with E-state index in [1.165, 1.54) is 6.07 Å². The Labute approximate surface area is 109 Å². The maximum Gasteiger partial charge on any atom is 0.139 e. The highest BCUT2D eigenvalue weighted by Crippen LogP contribution is 2.32. The van der Waals surface area contributed by atoms with Crippen molar-refractivity contribution >= 4 is 27.3 Å². The third kappa shape index (κ3) is 2.72. The molecule has 1 atom stereocenters. The van der Waals surface area contributed by atoms with Crippen molar-refractivity contribution in [3.05, 3.63) is 22.4 Å². The zero-order chi connectivity index (χ0) is 12.4. The first kappa shape index (κ1) is 12.6. The van der Waals surface area contributed by atoms with Gasteiger partial charge in [0, 0.05) is 25.8 Å². The van der Waals surface area contributed by atoms with Crippen LogP contribution in [0, 0.1) is 11.7 Å². The molecular weight excluding hydrogens is 287 g/mol. The third-order valence-corrected chi connectivity index (χ3v) is 3.80. The zero-order valence-electron chi connectivity index (χ0n) is 9.50. The van der Waals surface area contributed by atoms with Crippen LogP contribution >= 0.6 is 15.9 Å². The molecule has 94 valence electrons. The fourth-order valence-electron chi connectivity index (χ4n) is 2.26. The molecule has 1 heterocycles. The van der Waals surface area contributed by atoms with Crippen molar-refractivity contribution in [3.8, 4) is 0 Å². The van der Waals surface area contributed by atoms with Gasteiger partial charge in [0.25, 0.3) is 0 Å². The molecule has 1 aliphatic heterocycles. The van der Waals surface area contributed by atoms with Gasteiger partial charge in [-0.25, -0.2) is 4.39 Å². The number of nitrogens with zero attached hydrogens (tertiary/aromatic N) is 1. The van der Waals surface area contributed by atoms with E-state index in [4.69, 9.17) is 5.73 Å². The van der Waals surface area contributed by atoms with Crippen LogP contribution in [0.2, 0.25) is 0 Å². The standard InChI is InChI=1S/C12H16BrFN2O/c13-9-4-11(15)12(5-10(9)14)16-3-1-2-8(6-16)7-17/h4-5,8,17H,1-3,6-7,15H2. The zero-order valence-corrected chi connectivity index (χ0v) is 11.1.